The summed E-state index contributed by atoms with van der Waals surface area (Å²) < 4.78 is 39.4. The van der Waals surface area contributed by atoms with Crippen molar-refractivity contribution in [3.63, 3.8) is 0 Å². The van der Waals surface area contributed by atoms with Crippen molar-refractivity contribution in [1.82, 2.24) is 10.6 Å². The summed E-state index contributed by atoms with van der Waals surface area (Å²) in [6.45, 7) is 4.33. The molecule has 8 heteroatoms. The third-order valence-corrected chi connectivity index (χ3v) is 6.36. The van der Waals surface area contributed by atoms with Crippen molar-refractivity contribution in [3.05, 3.63) is 35.4 Å². The lowest BCUT2D eigenvalue weighted by Gasteiger charge is -2.32. The van der Waals surface area contributed by atoms with Gasteiger partial charge in [0.2, 0.25) is 11.5 Å². The van der Waals surface area contributed by atoms with Crippen molar-refractivity contribution in [2.75, 3.05) is 6.54 Å². The Balaban J connectivity index is 2.22. The third-order valence-electron chi connectivity index (χ3n) is 6.36. The molecule has 3 N–H and O–H groups in total. The van der Waals surface area contributed by atoms with Crippen molar-refractivity contribution in [2.24, 2.45) is 11.8 Å². The Bertz CT molecular complexity index is 765. The van der Waals surface area contributed by atoms with Crippen LogP contribution in [0.3, 0.4) is 0 Å². The van der Waals surface area contributed by atoms with E-state index in [1.54, 1.807) is 18.2 Å². The summed E-state index contributed by atoms with van der Waals surface area (Å²) in [6, 6.07) is 6.18. The Hall–Kier alpha value is -2.09. The van der Waals surface area contributed by atoms with Crippen molar-refractivity contribution >= 4 is 11.8 Å². The number of aliphatic hydroxyl groups is 1. The molecule has 1 fully saturated rings. The van der Waals surface area contributed by atoms with Crippen LogP contribution in [-0.2, 0) is 16.0 Å². The summed E-state index contributed by atoms with van der Waals surface area (Å²) in [5, 5.41) is 14.9. The van der Waals surface area contributed by atoms with Crippen LogP contribution in [0.5, 0.6) is 0 Å². The fraction of sp³-hybridized carbons (Fsp3) is 0.652. The van der Waals surface area contributed by atoms with E-state index in [2.05, 4.69) is 17.6 Å². The molecule has 0 heterocycles. The lowest BCUT2D eigenvalue weighted by Crippen LogP contribution is -2.56. The zero-order chi connectivity index (χ0) is 23.2. The largest absolute Gasteiger partial charge is 0.426 e. The molecule has 1 aliphatic carbocycles. The van der Waals surface area contributed by atoms with Gasteiger partial charge in [-0.1, -0.05) is 57.4 Å². The minimum atomic E-state index is -5.12. The highest BCUT2D eigenvalue weighted by molar-refractivity contribution is 5.86. The van der Waals surface area contributed by atoms with Crippen LogP contribution in [-0.4, -0.2) is 35.2 Å². The van der Waals surface area contributed by atoms with Crippen LogP contribution in [0.1, 0.15) is 70.0 Å². The molecular weight excluding hydrogens is 409 g/mol. The summed E-state index contributed by atoms with van der Waals surface area (Å²) in [7, 11) is 0. The first-order chi connectivity index (χ1) is 14.5. The second kappa shape index (κ2) is 10.5. The predicted molar refractivity (Wildman–Crippen MR) is 112 cm³/mol. The quantitative estimate of drug-likeness (QED) is 0.568. The molecule has 1 aliphatic rings. The molecule has 0 radical (unpaired) electrons. The van der Waals surface area contributed by atoms with E-state index >= 15 is 0 Å². The number of hydrogen-bond donors (Lipinski definition) is 3. The first kappa shape index (κ1) is 25.2. The van der Waals surface area contributed by atoms with E-state index in [0.29, 0.717) is 18.9 Å². The van der Waals surface area contributed by atoms with Crippen molar-refractivity contribution in [1.29, 1.82) is 0 Å². The molecule has 0 bridgehead atoms. The van der Waals surface area contributed by atoms with Crippen molar-refractivity contribution < 1.29 is 27.9 Å². The van der Waals surface area contributed by atoms with Crippen LogP contribution in [0.15, 0.2) is 24.3 Å². The molecule has 0 spiro atoms. The lowest BCUT2D eigenvalue weighted by molar-refractivity contribution is -0.245. The number of carbonyl (C=O) groups excluding carboxylic acids is 2. The molecule has 1 aromatic carbocycles. The maximum absolute atomic E-state index is 13.1. The topological polar surface area (TPSA) is 78.4 Å². The van der Waals surface area contributed by atoms with E-state index in [4.69, 9.17) is 0 Å². The lowest BCUT2D eigenvalue weighted by atomic mass is 9.77. The highest BCUT2D eigenvalue weighted by atomic mass is 19.4. The van der Waals surface area contributed by atoms with Gasteiger partial charge in [-0.2, -0.15) is 13.2 Å². The SMILES string of the molecule is CCc1ccccc1C(CNC(=O)C1CCCCC1CC)NC(=O)C(C)(O)C(F)(F)F. The van der Waals surface area contributed by atoms with E-state index < -0.39 is 23.7 Å². The Morgan fingerprint density at radius 2 is 1.81 bits per heavy atom. The average Bonchev–Trinajstić information content (AvgIpc) is 2.75. The van der Waals surface area contributed by atoms with Crippen molar-refractivity contribution in [3.8, 4) is 0 Å². The van der Waals surface area contributed by atoms with Crippen LogP contribution in [0.25, 0.3) is 0 Å². The number of nitrogens with one attached hydrogen (secondary N) is 2. The van der Waals surface area contributed by atoms with Gasteiger partial charge in [0, 0.05) is 12.5 Å². The molecule has 1 aromatic rings. The summed E-state index contributed by atoms with van der Waals surface area (Å²) in [6.07, 6.45) is 0.223. The van der Waals surface area contributed by atoms with Gasteiger partial charge in [-0.05, 0) is 43.2 Å². The number of alkyl halides is 3. The third kappa shape index (κ3) is 5.99. The molecule has 4 atom stereocenters. The summed E-state index contributed by atoms with van der Waals surface area (Å²) in [5.74, 6) is -1.53. The van der Waals surface area contributed by atoms with E-state index in [1.807, 2.05) is 13.0 Å². The van der Waals surface area contributed by atoms with Gasteiger partial charge >= 0.3 is 6.18 Å². The molecule has 2 amide bonds. The van der Waals surface area contributed by atoms with Crippen molar-refractivity contribution in [2.45, 2.75) is 77.1 Å². The van der Waals surface area contributed by atoms with E-state index in [9.17, 15) is 27.9 Å². The second-order valence-corrected chi connectivity index (χ2v) is 8.45. The normalized spacial score (nSPS) is 22.3. The Kier molecular flexibility index (Phi) is 8.51. The van der Waals surface area contributed by atoms with E-state index in [1.165, 1.54) is 0 Å². The van der Waals surface area contributed by atoms with Crippen LogP contribution < -0.4 is 10.6 Å². The van der Waals surface area contributed by atoms with Gasteiger partial charge in [-0.25, -0.2) is 0 Å². The number of aryl methyl sites for hydroxylation is 1. The Morgan fingerprint density at radius 3 is 2.42 bits per heavy atom. The molecule has 2 rings (SSSR count). The van der Waals surface area contributed by atoms with E-state index in [0.717, 1.165) is 37.7 Å². The monoisotopic (exact) mass is 442 g/mol. The highest BCUT2D eigenvalue weighted by Crippen LogP contribution is 2.33. The molecule has 5 nitrogen and oxygen atoms in total. The zero-order valence-electron chi connectivity index (χ0n) is 18.4. The first-order valence-electron chi connectivity index (χ1n) is 11.0. The zero-order valence-corrected chi connectivity index (χ0v) is 18.4. The average molecular weight is 443 g/mol. The number of rotatable bonds is 8. The summed E-state index contributed by atoms with van der Waals surface area (Å²) in [5.41, 5.74) is -2.07. The summed E-state index contributed by atoms with van der Waals surface area (Å²) >= 11 is 0. The minimum Gasteiger partial charge on any atom is -0.373 e. The van der Waals surface area contributed by atoms with Crippen LogP contribution in [0.4, 0.5) is 13.2 Å². The predicted octanol–water partition coefficient (Wildman–Crippen LogP) is 4.05. The molecular formula is C23H33F3N2O3. The standard InChI is InChI=1S/C23H33F3N2O3/c1-4-15-10-6-8-12-17(15)19(28-21(30)22(3,31)23(24,25)26)14-27-20(29)18-13-9-7-11-16(18)5-2/h6,8,10,12,16,18-19,31H,4-5,7,9,11,13-14H2,1-3H3,(H,27,29)(H,28,30). The molecule has 0 saturated heterocycles. The maximum atomic E-state index is 13.1. The smallest absolute Gasteiger partial charge is 0.373 e. The molecule has 174 valence electrons. The number of amides is 2. The fourth-order valence-electron chi connectivity index (χ4n) is 4.24. The highest BCUT2D eigenvalue weighted by Gasteiger charge is 2.56. The van der Waals surface area contributed by atoms with Gasteiger partial charge in [0.1, 0.15) is 0 Å². The van der Waals surface area contributed by atoms with Crippen LogP contribution in [0, 0.1) is 11.8 Å². The number of hydrogen-bond acceptors (Lipinski definition) is 3. The van der Waals surface area contributed by atoms with Gasteiger partial charge in [-0.3, -0.25) is 9.59 Å². The second-order valence-electron chi connectivity index (χ2n) is 8.45. The molecule has 1 saturated carbocycles. The fourth-order valence-corrected chi connectivity index (χ4v) is 4.24. The van der Waals surface area contributed by atoms with Gasteiger partial charge in [-0.15, -0.1) is 0 Å². The van der Waals surface area contributed by atoms with Gasteiger partial charge in [0.25, 0.3) is 5.91 Å². The van der Waals surface area contributed by atoms with Crippen LogP contribution >= 0.6 is 0 Å². The van der Waals surface area contributed by atoms with Gasteiger partial charge in [0.05, 0.1) is 6.04 Å². The van der Waals surface area contributed by atoms with Gasteiger partial charge in [0.15, 0.2) is 0 Å². The number of benzene rings is 1. The Labute approximate surface area is 181 Å². The molecule has 4 unspecified atom stereocenters. The van der Waals surface area contributed by atoms with Crippen LogP contribution in [0.2, 0.25) is 0 Å². The first-order valence-corrected chi connectivity index (χ1v) is 11.0. The molecule has 0 aromatic heterocycles. The Morgan fingerprint density at radius 1 is 1.16 bits per heavy atom. The number of halogens is 3. The maximum Gasteiger partial charge on any atom is 0.426 e. The number of carbonyl (C=O) groups is 2. The van der Waals surface area contributed by atoms with Gasteiger partial charge < -0.3 is 15.7 Å². The van der Waals surface area contributed by atoms with E-state index in [-0.39, 0.29) is 24.3 Å². The summed E-state index contributed by atoms with van der Waals surface area (Å²) in [4.78, 5) is 25.2. The molecule has 0 aliphatic heterocycles. The minimum absolute atomic E-state index is 0.0531. The molecule has 31 heavy (non-hydrogen) atoms.